The van der Waals surface area contributed by atoms with E-state index in [2.05, 4.69) is 38.1 Å². The maximum Gasteiger partial charge on any atom is 2.00 e. The summed E-state index contributed by atoms with van der Waals surface area (Å²) >= 11 is 0. The molecule has 4 unspecified atom stereocenters. The van der Waals surface area contributed by atoms with Crippen molar-refractivity contribution in [3.05, 3.63) is 71.8 Å². The van der Waals surface area contributed by atoms with E-state index in [0.717, 1.165) is 154 Å². The second-order valence-corrected chi connectivity index (χ2v) is 17.5. The van der Waals surface area contributed by atoms with Crippen LogP contribution in [-0.2, 0) is 51.3 Å². The van der Waals surface area contributed by atoms with E-state index in [9.17, 15) is 29.4 Å². The number of rotatable bonds is 40. The molecule has 0 amide bonds. The first-order valence-electron chi connectivity index (χ1n) is 25.1. The Morgan fingerprint density at radius 2 is 0.692 bits per heavy atom. The summed E-state index contributed by atoms with van der Waals surface area (Å²) in [7, 11) is 0. The Bertz CT molecular complexity index is 1320. The molecule has 2 rings (SSSR count). The molecule has 0 heterocycles. The van der Waals surface area contributed by atoms with Crippen molar-refractivity contribution in [2.75, 3.05) is 0 Å². The molecule has 0 radical (unpaired) electrons. The first kappa shape index (κ1) is 62.8. The predicted octanol–water partition coefficient (Wildman–Crippen LogP) is 11.1. The zero-order valence-electron chi connectivity index (χ0n) is 41.1. The van der Waals surface area contributed by atoms with Gasteiger partial charge in [-0.1, -0.05) is 164 Å². The minimum atomic E-state index is -0.956. The number of carbonyl (C=O) groups is 4. The fourth-order valence-electron chi connectivity index (χ4n) is 8.02. The normalized spacial score (nSPS) is 12.7. The number of benzene rings is 2. The summed E-state index contributed by atoms with van der Waals surface area (Å²) < 4.78 is 23.3. The molecular formula is C54H86BaO10. The SMILES string of the molecule is CCCC(CCCCCCC(CCCCCCC(=O)[O-])OCc1ccccc1)OC(C)=O.CCCC(CCCCCCC(CCCCCCC(=O)[O-])OCc1ccccc1)OC(C)=O.[Ba+2]. The molecular weight excluding hydrogens is 946 g/mol. The van der Waals surface area contributed by atoms with Gasteiger partial charge in [0.25, 0.3) is 0 Å². The number of unbranched alkanes of at least 4 members (excludes halogenated alkanes) is 12. The van der Waals surface area contributed by atoms with Gasteiger partial charge in [0, 0.05) is 25.8 Å². The van der Waals surface area contributed by atoms with Crippen LogP contribution in [0.5, 0.6) is 0 Å². The Hall–Kier alpha value is -2.19. The van der Waals surface area contributed by atoms with Crippen molar-refractivity contribution in [1.29, 1.82) is 0 Å². The Morgan fingerprint density at radius 1 is 0.415 bits per heavy atom. The molecule has 0 saturated heterocycles. The summed E-state index contributed by atoms with van der Waals surface area (Å²) in [6, 6.07) is 20.5. The van der Waals surface area contributed by atoms with Gasteiger partial charge in [-0.2, -0.15) is 0 Å². The minimum absolute atomic E-state index is 0. The zero-order chi connectivity index (χ0) is 46.9. The minimum Gasteiger partial charge on any atom is -0.550 e. The summed E-state index contributed by atoms with van der Waals surface area (Å²) in [6.07, 6.45) is 27.4. The number of ether oxygens (including phenoxy) is 4. The first-order valence-corrected chi connectivity index (χ1v) is 25.1. The van der Waals surface area contributed by atoms with Crippen LogP contribution in [0.1, 0.15) is 219 Å². The topological polar surface area (TPSA) is 151 Å². The van der Waals surface area contributed by atoms with Crippen molar-refractivity contribution < 1.29 is 48.3 Å². The molecule has 0 saturated carbocycles. The number of hydrogen-bond donors (Lipinski definition) is 0. The van der Waals surface area contributed by atoms with Gasteiger partial charge in [0.1, 0.15) is 12.2 Å². The van der Waals surface area contributed by atoms with Crippen LogP contribution >= 0.6 is 0 Å². The van der Waals surface area contributed by atoms with Gasteiger partial charge in [0.15, 0.2) is 0 Å². The van der Waals surface area contributed by atoms with Gasteiger partial charge in [-0.05, 0) is 101 Å². The molecule has 0 aliphatic heterocycles. The molecule has 0 fully saturated rings. The monoisotopic (exact) mass is 1030 g/mol. The maximum absolute atomic E-state index is 11.2. The third-order valence-electron chi connectivity index (χ3n) is 11.5. The number of hydrogen-bond acceptors (Lipinski definition) is 10. The van der Waals surface area contributed by atoms with Crippen LogP contribution in [0.2, 0.25) is 0 Å². The predicted molar refractivity (Wildman–Crippen MR) is 258 cm³/mol. The van der Waals surface area contributed by atoms with E-state index in [0.29, 0.717) is 26.1 Å². The van der Waals surface area contributed by atoms with Crippen molar-refractivity contribution in [2.24, 2.45) is 0 Å². The molecule has 0 aliphatic carbocycles. The van der Waals surface area contributed by atoms with Gasteiger partial charge >= 0.3 is 60.8 Å². The fraction of sp³-hybridized carbons (Fsp3) is 0.704. The first-order chi connectivity index (χ1) is 31.0. The summed E-state index contributed by atoms with van der Waals surface area (Å²) in [4.78, 5) is 43.5. The van der Waals surface area contributed by atoms with Crippen LogP contribution in [-0.4, -0.2) is 97.2 Å². The molecule has 0 bridgehead atoms. The van der Waals surface area contributed by atoms with Crippen molar-refractivity contribution in [3.8, 4) is 0 Å². The smallest absolute Gasteiger partial charge is 0.550 e. The Morgan fingerprint density at radius 3 is 0.954 bits per heavy atom. The van der Waals surface area contributed by atoms with Crippen LogP contribution < -0.4 is 10.2 Å². The quantitative estimate of drug-likeness (QED) is 0.0358. The van der Waals surface area contributed by atoms with Crippen LogP contribution in [0.25, 0.3) is 0 Å². The van der Waals surface area contributed by atoms with Crippen LogP contribution in [0, 0.1) is 0 Å². The van der Waals surface area contributed by atoms with E-state index in [1.165, 1.54) is 25.0 Å². The van der Waals surface area contributed by atoms with Crippen LogP contribution in [0.4, 0.5) is 0 Å². The Balaban J connectivity index is 0.00000124. The summed E-state index contributed by atoms with van der Waals surface area (Å²) in [5.41, 5.74) is 2.39. The van der Waals surface area contributed by atoms with E-state index in [-0.39, 0.29) is 98.1 Å². The van der Waals surface area contributed by atoms with Crippen molar-refractivity contribution >= 4 is 72.8 Å². The third kappa shape index (κ3) is 40.6. The second kappa shape index (κ2) is 44.3. The van der Waals surface area contributed by atoms with E-state index < -0.39 is 11.9 Å². The number of esters is 2. The van der Waals surface area contributed by atoms with E-state index in [1.807, 2.05) is 36.4 Å². The van der Waals surface area contributed by atoms with Crippen molar-refractivity contribution in [1.82, 2.24) is 0 Å². The van der Waals surface area contributed by atoms with Crippen LogP contribution in [0.15, 0.2) is 60.7 Å². The molecule has 65 heavy (non-hydrogen) atoms. The Kier molecular flexibility index (Phi) is 42.8. The molecule has 0 aliphatic rings. The molecule has 0 N–H and O–H groups in total. The third-order valence-corrected chi connectivity index (χ3v) is 11.5. The van der Waals surface area contributed by atoms with Gasteiger partial charge in [-0.15, -0.1) is 0 Å². The van der Waals surface area contributed by atoms with Gasteiger partial charge in [-0.3, -0.25) is 9.59 Å². The maximum atomic E-state index is 11.2. The summed E-state index contributed by atoms with van der Waals surface area (Å²) in [5, 5.41) is 21.0. The van der Waals surface area contributed by atoms with Gasteiger partial charge in [-0.25, -0.2) is 0 Å². The second-order valence-electron chi connectivity index (χ2n) is 17.5. The number of carbonyl (C=O) groups excluding carboxylic acids is 4. The van der Waals surface area contributed by atoms with Gasteiger partial charge in [0.05, 0.1) is 25.4 Å². The molecule has 4 atom stereocenters. The van der Waals surface area contributed by atoms with E-state index in [1.54, 1.807) is 0 Å². The molecule has 11 heteroatoms. The average molecular weight is 1030 g/mol. The molecule has 2 aromatic carbocycles. The standard InChI is InChI=1S/2C27H44O5.Ba/c2*1-3-15-26(32-23(2)28)20-13-5-4-11-18-25(19-12-6-7-14-21-27(29)30)31-22-24-16-9-8-10-17-24;/h2*8-10,16-17,25-26H,3-7,11-15,18-22H2,1-2H3,(H,29,30);/q;;+2/p-2. The van der Waals surface area contributed by atoms with Crippen molar-refractivity contribution in [3.63, 3.8) is 0 Å². The summed E-state index contributed by atoms with van der Waals surface area (Å²) in [5.74, 6) is -2.27. The number of aliphatic carboxylic acids is 2. The van der Waals surface area contributed by atoms with Crippen LogP contribution in [0.3, 0.4) is 0 Å². The van der Waals surface area contributed by atoms with Gasteiger partial charge < -0.3 is 38.7 Å². The largest absolute Gasteiger partial charge is 2.00 e. The molecule has 2 aromatic rings. The zero-order valence-corrected chi connectivity index (χ0v) is 45.5. The van der Waals surface area contributed by atoms with Gasteiger partial charge in [0.2, 0.25) is 0 Å². The number of carboxylic acids is 2. The molecule has 364 valence electrons. The Labute approximate surface area is 434 Å². The van der Waals surface area contributed by atoms with E-state index in [4.69, 9.17) is 18.9 Å². The molecule has 0 aromatic heterocycles. The molecule has 10 nitrogen and oxygen atoms in total. The van der Waals surface area contributed by atoms with E-state index >= 15 is 0 Å². The average Bonchev–Trinajstić information content (AvgIpc) is 3.26. The fourth-order valence-corrected chi connectivity index (χ4v) is 8.02. The number of carboxylic acid groups (broad SMARTS) is 2. The summed E-state index contributed by atoms with van der Waals surface area (Å²) in [6.45, 7) is 8.49. The van der Waals surface area contributed by atoms with Crippen molar-refractivity contribution in [2.45, 2.75) is 245 Å². The molecule has 0 spiro atoms.